The average Bonchev–Trinajstić information content (AvgIpc) is 2.84. The number of amides is 2. The van der Waals surface area contributed by atoms with Gasteiger partial charge in [0.25, 0.3) is 5.91 Å². The van der Waals surface area contributed by atoms with Gasteiger partial charge in [-0.15, -0.1) is 11.8 Å². The van der Waals surface area contributed by atoms with Gasteiger partial charge in [0.05, 0.1) is 11.3 Å². The van der Waals surface area contributed by atoms with E-state index in [9.17, 15) is 18.8 Å². The molecule has 34 heavy (non-hydrogen) atoms. The van der Waals surface area contributed by atoms with Crippen molar-refractivity contribution in [1.29, 1.82) is 0 Å². The second-order valence-corrected chi connectivity index (χ2v) is 8.44. The summed E-state index contributed by atoms with van der Waals surface area (Å²) in [6, 6.07) is 17.9. The number of ether oxygens (including phenoxy) is 1. The average molecular weight is 481 g/mol. The molecule has 0 bridgehead atoms. The maximum Gasteiger partial charge on any atom is 0.339 e. The quantitative estimate of drug-likeness (QED) is 0.324. The van der Waals surface area contributed by atoms with Crippen LogP contribution in [-0.2, 0) is 20.7 Å². The summed E-state index contributed by atoms with van der Waals surface area (Å²) < 4.78 is 18.2. The minimum Gasteiger partial charge on any atom is -0.452 e. The molecule has 0 spiro atoms. The molecule has 3 rings (SSSR count). The minimum atomic E-state index is -0.655. The second-order valence-electron chi connectivity index (χ2n) is 7.43. The number of benzene rings is 3. The molecule has 6 nitrogen and oxygen atoms in total. The smallest absolute Gasteiger partial charge is 0.339 e. The molecular weight excluding hydrogens is 455 g/mol. The number of anilines is 2. The Labute approximate surface area is 201 Å². The lowest BCUT2D eigenvalue weighted by Crippen LogP contribution is -2.22. The molecule has 0 unspecified atom stereocenters. The number of nitrogens with one attached hydrogen (secondary N) is 2. The highest BCUT2D eigenvalue weighted by Gasteiger charge is 2.16. The Morgan fingerprint density at radius 2 is 1.65 bits per heavy atom. The number of para-hydroxylation sites is 1. The Morgan fingerprint density at radius 3 is 2.38 bits per heavy atom. The van der Waals surface area contributed by atoms with E-state index in [1.54, 1.807) is 24.3 Å². The van der Waals surface area contributed by atoms with Gasteiger partial charge in [-0.3, -0.25) is 9.59 Å². The maximum absolute atomic E-state index is 13.0. The number of thioether (sulfide) groups is 1. The molecule has 0 aromatic heterocycles. The molecule has 2 N–H and O–H groups in total. The van der Waals surface area contributed by atoms with Crippen LogP contribution in [0.3, 0.4) is 0 Å². The molecule has 0 heterocycles. The van der Waals surface area contributed by atoms with Gasteiger partial charge in [0.1, 0.15) is 5.82 Å². The van der Waals surface area contributed by atoms with E-state index >= 15 is 0 Å². The highest BCUT2D eigenvalue weighted by Crippen LogP contribution is 2.24. The molecular formula is C26H25FN2O4S. The minimum absolute atomic E-state index is 0.0369. The van der Waals surface area contributed by atoms with Gasteiger partial charge in [-0.2, -0.15) is 0 Å². The van der Waals surface area contributed by atoms with E-state index < -0.39 is 24.3 Å². The Kier molecular flexibility index (Phi) is 8.81. The topological polar surface area (TPSA) is 84.5 Å². The number of halogens is 1. The molecule has 0 saturated heterocycles. The molecule has 2 amide bonds. The third-order valence-corrected chi connectivity index (χ3v) is 6.01. The normalized spacial score (nSPS) is 10.4. The first-order chi connectivity index (χ1) is 16.4. The van der Waals surface area contributed by atoms with Crippen molar-refractivity contribution in [2.45, 2.75) is 25.2 Å². The highest BCUT2D eigenvalue weighted by atomic mass is 32.2. The standard InChI is InChI=1S/C26H25FN2O4S/c1-3-18-8-6-7-17(2)25(18)29-23(30)15-33-26(32)21-9-4-5-10-22(21)34-16-24(31)28-20-13-11-19(27)12-14-20/h4-14H,3,15-16H2,1-2H3,(H,28,31)(H,29,30). The van der Waals surface area contributed by atoms with Gasteiger partial charge in [-0.25, -0.2) is 9.18 Å². The lowest BCUT2D eigenvalue weighted by molar-refractivity contribution is -0.119. The lowest BCUT2D eigenvalue weighted by Gasteiger charge is -2.13. The van der Waals surface area contributed by atoms with E-state index in [1.807, 2.05) is 32.0 Å². The maximum atomic E-state index is 13.0. The van der Waals surface area contributed by atoms with Crippen LogP contribution in [0.4, 0.5) is 15.8 Å². The van der Waals surface area contributed by atoms with Crippen LogP contribution in [0.2, 0.25) is 0 Å². The molecule has 3 aromatic rings. The van der Waals surface area contributed by atoms with Crippen LogP contribution in [0, 0.1) is 12.7 Å². The largest absolute Gasteiger partial charge is 0.452 e. The summed E-state index contributed by atoms with van der Waals surface area (Å²) in [4.78, 5) is 37.8. The number of carbonyl (C=O) groups is 3. The van der Waals surface area contributed by atoms with Gasteiger partial charge in [0.15, 0.2) is 6.61 Å². The number of esters is 1. The Hall–Kier alpha value is -3.65. The molecule has 0 saturated carbocycles. The van der Waals surface area contributed by atoms with E-state index in [0.29, 0.717) is 10.6 Å². The zero-order valence-corrected chi connectivity index (χ0v) is 19.7. The predicted octanol–water partition coefficient (Wildman–Crippen LogP) is 5.22. The number of aryl methyl sites for hydroxylation is 2. The van der Waals surface area contributed by atoms with Gasteiger partial charge >= 0.3 is 5.97 Å². The van der Waals surface area contributed by atoms with Gasteiger partial charge in [0, 0.05) is 16.3 Å². The molecule has 0 aliphatic carbocycles. The zero-order chi connectivity index (χ0) is 24.5. The molecule has 0 aliphatic rings. The Bertz CT molecular complexity index is 1180. The van der Waals surface area contributed by atoms with E-state index in [2.05, 4.69) is 10.6 Å². The van der Waals surface area contributed by atoms with Crippen LogP contribution >= 0.6 is 11.8 Å². The van der Waals surface area contributed by atoms with Crippen LogP contribution in [0.25, 0.3) is 0 Å². The predicted molar refractivity (Wildman–Crippen MR) is 132 cm³/mol. The van der Waals surface area contributed by atoms with E-state index in [4.69, 9.17) is 4.74 Å². The fourth-order valence-corrected chi connectivity index (χ4v) is 4.06. The highest BCUT2D eigenvalue weighted by molar-refractivity contribution is 8.00. The zero-order valence-electron chi connectivity index (χ0n) is 18.9. The first-order valence-corrected chi connectivity index (χ1v) is 11.7. The molecule has 0 atom stereocenters. The monoisotopic (exact) mass is 480 g/mol. The van der Waals surface area contributed by atoms with Crippen LogP contribution in [0.15, 0.2) is 71.6 Å². The summed E-state index contributed by atoms with van der Waals surface area (Å²) in [6.07, 6.45) is 0.760. The second kappa shape index (κ2) is 12.0. The fraction of sp³-hybridized carbons (Fsp3) is 0.192. The third-order valence-electron chi connectivity index (χ3n) is 4.93. The first-order valence-electron chi connectivity index (χ1n) is 10.7. The summed E-state index contributed by atoms with van der Waals surface area (Å²) in [7, 11) is 0. The van der Waals surface area contributed by atoms with Crippen molar-refractivity contribution >= 4 is 40.9 Å². The van der Waals surface area contributed by atoms with Crippen LogP contribution in [0.1, 0.15) is 28.4 Å². The van der Waals surface area contributed by atoms with Gasteiger partial charge in [-0.1, -0.05) is 37.3 Å². The number of hydrogen-bond donors (Lipinski definition) is 2. The Balaban J connectivity index is 1.56. The third kappa shape index (κ3) is 6.92. The van der Waals surface area contributed by atoms with Gasteiger partial charge in [-0.05, 0) is 60.9 Å². The molecule has 0 fully saturated rings. The number of hydrogen-bond acceptors (Lipinski definition) is 5. The van der Waals surface area contributed by atoms with Gasteiger partial charge in [0.2, 0.25) is 5.91 Å². The molecule has 0 radical (unpaired) electrons. The summed E-state index contributed by atoms with van der Waals surface area (Å²) in [5, 5.41) is 5.49. The first kappa shape index (κ1) is 25.0. The van der Waals surface area contributed by atoms with Crippen LogP contribution in [0.5, 0.6) is 0 Å². The van der Waals surface area contributed by atoms with Crippen LogP contribution < -0.4 is 10.6 Å². The molecule has 176 valence electrons. The fourth-order valence-electron chi connectivity index (χ4n) is 3.22. The number of carbonyl (C=O) groups excluding carboxylic acids is 3. The lowest BCUT2D eigenvalue weighted by atomic mass is 10.1. The van der Waals surface area contributed by atoms with Crippen molar-refractivity contribution in [2.24, 2.45) is 0 Å². The van der Waals surface area contributed by atoms with Crippen molar-refractivity contribution < 1.29 is 23.5 Å². The van der Waals surface area contributed by atoms with Crippen LogP contribution in [-0.4, -0.2) is 30.1 Å². The van der Waals surface area contributed by atoms with E-state index in [1.165, 1.54) is 24.3 Å². The van der Waals surface area contributed by atoms with Crippen molar-refractivity contribution in [1.82, 2.24) is 0 Å². The Morgan fingerprint density at radius 1 is 0.912 bits per heavy atom. The van der Waals surface area contributed by atoms with E-state index in [-0.39, 0.29) is 17.2 Å². The van der Waals surface area contributed by atoms with Crippen molar-refractivity contribution in [2.75, 3.05) is 23.0 Å². The summed E-state index contributed by atoms with van der Waals surface area (Å²) in [5.41, 5.74) is 3.40. The summed E-state index contributed by atoms with van der Waals surface area (Å²) in [5.74, 6) is -1.74. The van der Waals surface area contributed by atoms with Crippen molar-refractivity contribution in [3.05, 3.63) is 89.2 Å². The number of rotatable bonds is 9. The SMILES string of the molecule is CCc1cccc(C)c1NC(=O)COC(=O)c1ccccc1SCC(=O)Nc1ccc(F)cc1. The molecule has 3 aromatic carbocycles. The summed E-state index contributed by atoms with van der Waals surface area (Å²) in [6.45, 7) is 3.47. The summed E-state index contributed by atoms with van der Waals surface area (Å²) >= 11 is 1.16. The van der Waals surface area contributed by atoms with Crippen molar-refractivity contribution in [3.8, 4) is 0 Å². The van der Waals surface area contributed by atoms with Crippen molar-refractivity contribution in [3.63, 3.8) is 0 Å². The molecule has 8 heteroatoms. The van der Waals surface area contributed by atoms with Gasteiger partial charge < -0.3 is 15.4 Å². The molecule has 0 aliphatic heterocycles. The van der Waals surface area contributed by atoms with E-state index in [0.717, 1.165) is 35.0 Å².